The van der Waals surface area contributed by atoms with Gasteiger partial charge in [-0.2, -0.15) is 0 Å². The molecular weight excluding hydrogens is 637 g/mol. The second-order valence-electron chi connectivity index (χ2n) is 12.1. The first-order chi connectivity index (χ1) is 22.1. The SMILES string of the molecule is COC(=O)C1=C(CN2CCN3C(=O)N([C@H]4C[C@H](C(=O)OC)N(C(C)C)C4)C[C@@H]3C2)NC(c2nccs2)=NC1c1ccc(F)cc1Cl. The van der Waals surface area contributed by atoms with Crippen molar-refractivity contribution in [3.8, 4) is 0 Å². The highest BCUT2D eigenvalue weighted by Gasteiger charge is 2.48. The highest BCUT2D eigenvalue weighted by Crippen LogP contribution is 2.37. The van der Waals surface area contributed by atoms with Crippen molar-refractivity contribution in [1.82, 2.24) is 29.9 Å². The maximum Gasteiger partial charge on any atom is 0.338 e. The van der Waals surface area contributed by atoms with Crippen molar-refractivity contribution in [3.05, 3.63) is 62.5 Å². The smallest absolute Gasteiger partial charge is 0.338 e. The maximum atomic E-state index is 14.0. The summed E-state index contributed by atoms with van der Waals surface area (Å²) in [6.45, 7) is 7.25. The van der Waals surface area contributed by atoms with Crippen LogP contribution in [0.1, 0.15) is 36.9 Å². The Kier molecular flexibility index (Phi) is 9.33. The number of benzene rings is 1. The van der Waals surface area contributed by atoms with Gasteiger partial charge in [-0.15, -0.1) is 11.3 Å². The van der Waals surface area contributed by atoms with Crippen LogP contribution in [0.3, 0.4) is 0 Å². The van der Waals surface area contributed by atoms with E-state index in [4.69, 9.17) is 26.1 Å². The van der Waals surface area contributed by atoms with Gasteiger partial charge in [0.05, 0.1) is 25.8 Å². The number of halogens is 2. The maximum absolute atomic E-state index is 14.0. The zero-order valence-corrected chi connectivity index (χ0v) is 27.7. The first-order valence-corrected chi connectivity index (χ1v) is 16.5. The van der Waals surface area contributed by atoms with Crippen LogP contribution in [0.4, 0.5) is 9.18 Å². The molecule has 3 fully saturated rings. The molecule has 4 aliphatic rings. The number of piperazine rings is 1. The summed E-state index contributed by atoms with van der Waals surface area (Å²) in [6.07, 6.45) is 2.20. The summed E-state index contributed by atoms with van der Waals surface area (Å²) < 4.78 is 24.3. The van der Waals surface area contributed by atoms with Crippen LogP contribution in [0.25, 0.3) is 0 Å². The summed E-state index contributed by atoms with van der Waals surface area (Å²) in [5, 5.41) is 5.94. The molecule has 1 N–H and O–H groups in total. The van der Waals surface area contributed by atoms with Crippen LogP contribution in [-0.2, 0) is 19.1 Å². The summed E-state index contributed by atoms with van der Waals surface area (Å²) in [4.78, 5) is 56.8. The fourth-order valence-electron chi connectivity index (χ4n) is 6.94. The summed E-state index contributed by atoms with van der Waals surface area (Å²) in [7, 11) is 2.70. The van der Waals surface area contributed by atoms with Gasteiger partial charge in [0.2, 0.25) is 0 Å². The van der Waals surface area contributed by atoms with Crippen molar-refractivity contribution < 1.29 is 28.2 Å². The van der Waals surface area contributed by atoms with E-state index in [0.717, 1.165) is 0 Å². The van der Waals surface area contributed by atoms with Crippen LogP contribution < -0.4 is 5.32 Å². The highest BCUT2D eigenvalue weighted by atomic mass is 35.5. The van der Waals surface area contributed by atoms with Gasteiger partial charge in [-0.3, -0.25) is 19.6 Å². The first-order valence-electron chi connectivity index (χ1n) is 15.2. The lowest BCUT2D eigenvalue weighted by molar-refractivity contribution is -0.146. The lowest BCUT2D eigenvalue weighted by Gasteiger charge is -2.38. The van der Waals surface area contributed by atoms with E-state index in [9.17, 15) is 18.8 Å². The molecule has 46 heavy (non-hydrogen) atoms. The number of aromatic nitrogens is 1. The zero-order valence-electron chi connectivity index (χ0n) is 26.1. The molecule has 0 aliphatic carbocycles. The van der Waals surface area contributed by atoms with Crippen LogP contribution in [0, 0.1) is 5.82 Å². The van der Waals surface area contributed by atoms with Crippen molar-refractivity contribution in [2.24, 2.45) is 4.99 Å². The van der Waals surface area contributed by atoms with E-state index in [1.54, 1.807) is 6.20 Å². The van der Waals surface area contributed by atoms with Crippen LogP contribution in [0.2, 0.25) is 5.02 Å². The minimum absolute atomic E-state index is 0.0154. The monoisotopic (exact) mass is 673 g/mol. The van der Waals surface area contributed by atoms with Gasteiger partial charge in [-0.05, 0) is 32.4 Å². The largest absolute Gasteiger partial charge is 0.468 e. The molecule has 1 aromatic carbocycles. The van der Waals surface area contributed by atoms with Gasteiger partial charge in [0.25, 0.3) is 0 Å². The third-order valence-corrected chi connectivity index (χ3v) is 10.3. The number of rotatable bonds is 8. The Labute approximate surface area is 275 Å². The molecule has 1 aromatic heterocycles. The predicted octanol–water partition coefficient (Wildman–Crippen LogP) is 2.90. The molecular formula is C31H37ClFN7O5S. The number of nitrogens with one attached hydrogen (secondary N) is 1. The molecule has 2 aromatic rings. The van der Waals surface area contributed by atoms with E-state index in [-0.39, 0.29) is 46.8 Å². The molecule has 12 nitrogen and oxygen atoms in total. The lowest BCUT2D eigenvalue weighted by atomic mass is 9.95. The van der Waals surface area contributed by atoms with Gasteiger partial charge in [0.15, 0.2) is 10.8 Å². The van der Waals surface area contributed by atoms with E-state index in [0.29, 0.717) is 67.8 Å². The molecule has 0 bridgehead atoms. The van der Waals surface area contributed by atoms with Gasteiger partial charge >= 0.3 is 18.0 Å². The van der Waals surface area contributed by atoms with Crippen molar-refractivity contribution in [3.63, 3.8) is 0 Å². The number of carbonyl (C=O) groups excluding carboxylic acids is 3. The highest BCUT2D eigenvalue weighted by molar-refractivity contribution is 7.11. The van der Waals surface area contributed by atoms with E-state index >= 15 is 0 Å². The van der Waals surface area contributed by atoms with Crippen LogP contribution >= 0.6 is 22.9 Å². The zero-order chi connectivity index (χ0) is 32.7. The molecule has 4 aliphatic heterocycles. The molecule has 0 saturated carbocycles. The number of esters is 2. The summed E-state index contributed by atoms with van der Waals surface area (Å²) in [5.74, 6) is -0.877. The first kappa shape index (κ1) is 32.4. The molecule has 0 radical (unpaired) electrons. The number of amides is 2. The quantitative estimate of drug-likeness (QED) is 0.422. The number of likely N-dealkylation sites (tertiary alicyclic amines) is 1. The van der Waals surface area contributed by atoms with Crippen LogP contribution in [-0.4, -0.2) is 126 Å². The Balaban J connectivity index is 1.24. The molecule has 246 valence electrons. The summed E-state index contributed by atoms with van der Waals surface area (Å²) in [5.41, 5.74) is 1.32. The summed E-state index contributed by atoms with van der Waals surface area (Å²) in [6, 6.07) is 2.75. The number of fused-ring (bicyclic) bond motifs is 1. The van der Waals surface area contributed by atoms with E-state index in [1.807, 2.05) is 29.0 Å². The van der Waals surface area contributed by atoms with Crippen molar-refractivity contribution in [1.29, 1.82) is 0 Å². The Hall–Kier alpha value is -3.59. The number of nitrogens with zero attached hydrogens (tertiary/aromatic N) is 6. The van der Waals surface area contributed by atoms with Crippen molar-refractivity contribution in [2.75, 3.05) is 53.5 Å². The second-order valence-corrected chi connectivity index (χ2v) is 13.4. The number of amidine groups is 1. The fraction of sp³-hybridized carbons (Fsp3) is 0.516. The number of carbonyl (C=O) groups is 3. The fourth-order valence-corrected chi connectivity index (χ4v) is 7.80. The van der Waals surface area contributed by atoms with Gasteiger partial charge in [0, 0.05) is 79.2 Å². The molecule has 3 saturated heterocycles. The number of hydrogen-bond acceptors (Lipinski definition) is 11. The van der Waals surface area contributed by atoms with Crippen LogP contribution in [0.5, 0.6) is 0 Å². The average molecular weight is 674 g/mol. The lowest BCUT2D eigenvalue weighted by Crippen LogP contribution is -2.53. The third-order valence-electron chi connectivity index (χ3n) is 9.17. The molecule has 15 heteroatoms. The number of hydrogen-bond donors (Lipinski definition) is 1. The standard InChI is InChI=1S/C31H37ClFN7O5S/c1-17(2)39-14-19(12-24(39)29(41)44-3)40-15-20-13-37(8-9-38(20)31(40)43)16-23-25(30(42)45-4)26(21-6-5-18(33)11-22(21)32)36-27(35-23)28-34-7-10-46-28/h5-7,10-11,17,19-20,24,26H,8-9,12-16H2,1-4H3,(H,35,36)/t19-,20-,24+,26?/m0/s1. The van der Waals surface area contributed by atoms with Crippen LogP contribution in [0.15, 0.2) is 46.0 Å². The normalized spacial score (nSPS) is 25.5. The van der Waals surface area contributed by atoms with E-state index in [1.165, 1.54) is 43.8 Å². The number of methoxy groups -OCH3 is 2. The topological polar surface area (TPSA) is 120 Å². The van der Waals surface area contributed by atoms with Gasteiger partial charge in [0.1, 0.15) is 17.9 Å². The van der Waals surface area contributed by atoms with Gasteiger partial charge in [-0.25, -0.2) is 19.0 Å². The minimum Gasteiger partial charge on any atom is -0.468 e. The molecule has 2 amide bonds. The van der Waals surface area contributed by atoms with Gasteiger partial charge in [-0.1, -0.05) is 17.7 Å². The number of urea groups is 1. The molecule has 6 rings (SSSR count). The van der Waals surface area contributed by atoms with Gasteiger partial charge < -0.3 is 24.6 Å². The van der Waals surface area contributed by atoms with E-state index < -0.39 is 17.8 Å². The van der Waals surface area contributed by atoms with Crippen molar-refractivity contribution >= 4 is 46.7 Å². The second kappa shape index (κ2) is 13.3. The van der Waals surface area contributed by atoms with E-state index in [2.05, 4.69) is 20.1 Å². The average Bonchev–Trinajstić information content (AvgIpc) is 3.80. The Bertz CT molecular complexity index is 1570. The number of aliphatic imine (C=N–C) groups is 1. The Morgan fingerprint density at radius 3 is 2.61 bits per heavy atom. The Morgan fingerprint density at radius 1 is 1.13 bits per heavy atom. The predicted molar refractivity (Wildman–Crippen MR) is 170 cm³/mol. The third kappa shape index (κ3) is 6.10. The molecule has 5 heterocycles. The Morgan fingerprint density at radius 2 is 1.93 bits per heavy atom. The molecule has 4 atom stereocenters. The minimum atomic E-state index is -0.852. The number of thiazole rings is 1. The number of ether oxygens (including phenoxy) is 2. The molecule has 0 spiro atoms. The molecule has 1 unspecified atom stereocenters. The summed E-state index contributed by atoms with van der Waals surface area (Å²) >= 11 is 7.89. The van der Waals surface area contributed by atoms with Crippen molar-refractivity contribution in [2.45, 2.75) is 50.5 Å².